The van der Waals surface area contributed by atoms with Gasteiger partial charge in [-0.05, 0) is 29.6 Å². The van der Waals surface area contributed by atoms with Gasteiger partial charge in [-0.3, -0.25) is 9.59 Å². The van der Waals surface area contributed by atoms with Gasteiger partial charge in [0.2, 0.25) is 11.8 Å². The fourth-order valence-electron chi connectivity index (χ4n) is 1.98. The lowest BCUT2D eigenvalue weighted by Crippen LogP contribution is -2.34. The van der Waals surface area contributed by atoms with Crippen LogP contribution in [0.4, 0.5) is 11.4 Å². The summed E-state index contributed by atoms with van der Waals surface area (Å²) in [6.45, 7) is 1.43. The van der Waals surface area contributed by atoms with Gasteiger partial charge in [-0.15, -0.1) is 11.3 Å². The monoisotopic (exact) mass is 381 g/mol. The smallest absolute Gasteiger partial charge is 0.252 e. The number of anilines is 2. The number of carbonyl (C=O) groups is 2. The van der Waals surface area contributed by atoms with E-state index in [0.29, 0.717) is 17.8 Å². The molecule has 1 aromatic carbocycles. The molecule has 2 N–H and O–H groups in total. The summed E-state index contributed by atoms with van der Waals surface area (Å²) in [5.74, 6) is -0.605. The number of hydrogen-bond acceptors (Lipinski definition) is 5. The van der Waals surface area contributed by atoms with Crippen LogP contribution in [0.3, 0.4) is 0 Å². The zero-order valence-electron chi connectivity index (χ0n) is 13.9. The molecular formula is C16H19N3O4S2. The molecule has 9 heteroatoms. The van der Waals surface area contributed by atoms with Crippen LogP contribution in [0.5, 0.6) is 0 Å². The van der Waals surface area contributed by atoms with Gasteiger partial charge in [0.15, 0.2) is 0 Å². The predicted molar refractivity (Wildman–Crippen MR) is 98.1 cm³/mol. The molecule has 1 heterocycles. The number of likely N-dealkylation sites (N-methyl/N-ethyl adjacent to an activating group) is 1. The van der Waals surface area contributed by atoms with Gasteiger partial charge >= 0.3 is 0 Å². The van der Waals surface area contributed by atoms with E-state index >= 15 is 0 Å². The standard InChI is InChI=1S/C16H19N3O4S2/c1-3-14(20)17-12-6-4-7-13(10-12)18-15(21)11-19(2)25(22,23)16-8-5-9-24-16/h4-10H,3,11H2,1-2H3,(H,17,20)(H,18,21). The quantitative estimate of drug-likeness (QED) is 0.770. The van der Waals surface area contributed by atoms with Gasteiger partial charge in [0.1, 0.15) is 4.21 Å². The van der Waals surface area contributed by atoms with Gasteiger partial charge in [0.25, 0.3) is 10.0 Å². The van der Waals surface area contributed by atoms with Crippen molar-refractivity contribution in [3.63, 3.8) is 0 Å². The molecule has 0 fully saturated rings. The van der Waals surface area contributed by atoms with Crippen LogP contribution >= 0.6 is 11.3 Å². The van der Waals surface area contributed by atoms with Crippen LogP contribution in [-0.4, -0.2) is 38.1 Å². The third kappa shape index (κ3) is 5.12. The SMILES string of the molecule is CCC(=O)Nc1cccc(NC(=O)CN(C)S(=O)(=O)c2cccs2)c1. The second-order valence-electron chi connectivity index (χ2n) is 5.22. The maximum atomic E-state index is 12.3. The summed E-state index contributed by atoms with van der Waals surface area (Å²) in [5.41, 5.74) is 1.03. The molecule has 25 heavy (non-hydrogen) atoms. The van der Waals surface area contributed by atoms with Crippen molar-refractivity contribution in [3.05, 3.63) is 41.8 Å². The zero-order valence-corrected chi connectivity index (χ0v) is 15.5. The van der Waals surface area contributed by atoms with Crippen molar-refractivity contribution in [2.45, 2.75) is 17.6 Å². The highest BCUT2D eigenvalue weighted by Crippen LogP contribution is 2.20. The first-order valence-electron chi connectivity index (χ1n) is 7.52. The van der Waals surface area contributed by atoms with E-state index in [4.69, 9.17) is 0 Å². The Balaban J connectivity index is 2.00. The molecule has 0 atom stereocenters. The summed E-state index contributed by atoms with van der Waals surface area (Å²) in [6, 6.07) is 9.80. The molecule has 0 aliphatic heterocycles. The summed E-state index contributed by atoms with van der Waals surface area (Å²) in [7, 11) is -2.32. The zero-order chi connectivity index (χ0) is 18.4. The van der Waals surface area contributed by atoms with Gasteiger partial charge < -0.3 is 10.6 Å². The first-order chi connectivity index (χ1) is 11.8. The third-order valence-electron chi connectivity index (χ3n) is 3.28. The Morgan fingerprint density at radius 1 is 1.08 bits per heavy atom. The second-order valence-corrected chi connectivity index (χ2v) is 8.44. The van der Waals surface area contributed by atoms with Crippen molar-refractivity contribution >= 4 is 44.5 Å². The van der Waals surface area contributed by atoms with Crippen LogP contribution in [0.1, 0.15) is 13.3 Å². The van der Waals surface area contributed by atoms with Crippen LogP contribution in [-0.2, 0) is 19.6 Å². The summed E-state index contributed by atoms with van der Waals surface area (Å²) < 4.78 is 25.8. The third-order valence-corrected chi connectivity index (χ3v) is 6.45. The first-order valence-corrected chi connectivity index (χ1v) is 9.84. The minimum Gasteiger partial charge on any atom is -0.326 e. The van der Waals surface area contributed by atoms with E-state index in [-0.39, 0.29) is 16.7 Å². The minimum absolute atomic E-state index is 0.134. The molecule has 0 bridgehead atoms. The van der Waals surface area contributed by atoms with Crippen LogP contribution < -0.4 is 10.6 Å². The van der Waals surface area contributed by atoms with Gasteiger partial charge in [-0.25, -0.2) is 8.42 Å². The highest BCUT2D eigenvalue weighted by Gasteiger charge is 2.23. The topological polar surface area (TPSA) is 95.6 Å². The molecule has 0 spiro atoms. The molecule has 0 saturated carbocycles. The Kier molecular flexibility index (Phi) is 6.29. The van der Waals surface area contributed by atoms with E-state index in [9.17, 15) is 18.0 Å². The largest absolute Gasteiger partial charge is 0.326 e. The Morgan fingerprint density at radius 2 is 1.72 bits per heavy atom. The van der Waals surface area contributed by atoms with Crippen molar-refractivity contribution < 1.29 is 18.0 Å². The predicted octanol–water partition coefficient (Wildman–Crippen LogP) is 2.36. The molecule has 0 saturated heterocycles. The number of benzene rings is 1. The Labute approximate surface area is 150 Å². The molecule has 2 amide bonds. The average Bonchev–Trinajstić information content (AvgIpc) is 3.10. The number of amides is 2. The number of carbonyl (C=O) groups excluding carboxylic acids is 2. The van der Waals surface area contributed by atoms with Gasteiger partial charge in [-0.2, -0.15) is 4.31 Å². The van der Waals surface area contributed by atoms with Crippen molar-refractivity contribution in [1.29, 1.82) is 0 Å². The number of thiophene rings is 1. The van der Waals surface area contributed by atoms with E-state index in [1.54, 1.807) is 42.6 Å². The average molecular weight is 381 g/mol. The molecule has 0 unspecified atom stereocenters. The summed E-state index contributed by atoms with van der Waals surface area (Å²) in [5, 5.41) is 6.99. The van der Waals surface area contributed by atoms with E-state index in [0.717, 1.165) is 15.6 Å². The van der Waals surface area contributed by atoms with Crippen molar-refractivity contribution in [3.8, 4) is 0 Å². The highest BCUT2D eigenvalue weighted by atomic mass is 32.2. The lowest BCUT2D eigenvalue weighted by Gasteiger charge is -2.16. The molecule has 134 valence electrons. The Hall–Kier alpha value is -2.23. The highest BCUT2D eigenvalue weighted by molar-refractivity contribution is 7.91. The Morgan fingerprint density at radius 3 is 2.28 bits per heavy atom. The van der Waals surface area contributed by atoms with E-state index in [1.165, 1.54) is 13.1 Å². The molecule has 1 aromatic heterocycles. The molecule has 0 aliphatic carbocycles. The van der Waals surface area contributed by atoms with Gasteiger partial charge in [0, 0.05) is 24.8 Å². The van der Waals surface area contributed by atoms with Crippen LogP contribution in [0.15, 0.2) is 46.0 Å². The van der Waals surface area contributed by atoms with Crippen LogP contribution in [0, 0.1) is 0 Å². The van der Waals surface area contributed by atoms with Crippen LogP contribution in [0.25, 0.3) is 0 Å². The fourth-order valence-corrected chi connectivity index (χ4v) is 4.30. The molecular weight excluding hydrogens is 362 g/mol. The number of rotatable bonds is 7. The lowest BCUT2D eigenvalue weighted by atomic mass is 10.2. The van der Waals surface area contributed by atoms with E-state index in [2.05, 4.69) is 10.6 Å². The molecule has 2 rings (SSSR count). The number of sulfonamides is 1. The summed E-state index contributed by atoms with van der Waals surface area (Å²) in [4.78, 5) is 23.5. The normalized spacial score (nSPS) is 11.3. The van der Waals surface area contributed by atoms with E-state index < -0.39 is 15.9 Å². The summed E-state index contributed by atoms with van der Waals surface area (Å²) in [6.07, 6.45) is 0.349. The van der Waals surface area contributed by atoms with Gasteiger partial charge in [0.05, 0.1) is 6.54 Å². The number of nitrogens with zero attached hydrogens (tertiary/aromatic N) is 1. The fraction of sp³-hybridized carbons (Fsp3) is 0.250. The lowest BCUT2D eigenvalue weighted by molar-refractivity contribution is -0.116. The summed E-state index contributed by atoms with van der Waals surface area (Å²) >= 11 is 1.10. The second kappa shape index (κ2) is 8.24. The number of hydrogen-bond donors (Lipinski definition) is 2. The number of nitrogens with one attached hydrogen (secondary N) is 2. The molecule has 7 nitrogen and oxygen atoms in total. The van der Waals surface area contributed by atoms with E-state index in [1.807, 2.05) is 0 Å². The maximum absolute atomic E-state index is 12.3. The van der Waals surface area contributed by atoms with Crippen molar-refractivity contribution in [2.75, 3.05) is 24.2 Å². The minimum atomic E-state index is -3.68. The Bertz CT molecular complexity index is 848. The molecule has 0 radical (unpaired) electrons. The van der Waals surface area contributed by atoms with Crippen LogP contribution in [0.2, 0.25) is 0 Å². The van der Waals surface area contributed by atoms with Gasteiger partial charge in [-0.1, -0.05) is 19.1 Å². The molecule has 0 aliphatic rings. The maximum Gasteiger partial charge on any atom is 0.252 e. The van der Waals surface area contributed by atoms with Crippen molar-refractivity contribution in [1.82, 2.24) is 4.31 Å². The molecule has 2 aromatic rings. The van der Waals surface area contributed by atoms with Crippen molar-refractivity contribution in [2.24, 2.45) is 0 Å². The first kappa shape index (κ1) is 19.1.